The van der Waals surface area contributed by atoms with Gasteiger partial charge >= 0.3 is 0 Å². The number of carbonyl (C=O) groups is 1. The van der Waals surface area contributed by atoms with Crippen LogP contribution in [0.3, 0.4) is 0 Å². The summed E-state index contributed by atoms with van der Waals surface area (Å²) in [6.45, 7) is 0.458. The van der Waals surface area contributed by atoms with Gasteiger partial charge in [0.05, 0.1) is 4.90 Å². The number of sulfonamides is 1. The summed E-state index contributed by atoms with van der Waals surface area (Å²) in [5, 5.41) is 3.50. The smallest absolute Gasteiger partial charge is 0.244 e. The van der Waals surface area contributed by atoms with E-state index in [1.165, 1.54) is 4.31 Å². The maximum atomic E-state index is 13.4. The monoisotopic (exact) mass is 440 g/mol. The molecular weight excluding hydrogens is 420 g/mol. The first kappa shape index (κ1) is 20.6. The predicted molar refractivity (Wildman–Crippen MR) is 116 cm³/mol. The molecule has 3 aromatic rings. The van der Waals surface area contributed by atoms with E-state index in [0.717, 1.165) is 16.7 Å². The fraction of sp³-hybridized carbons (Fsp3) is 0.174. The van der Waals surface area contributed by atoms with Crippen molar-refractivity contribution in [2.24, 2.45) is 0 Å². The molecule has 0 radical (unpaired) electrons. The SMILES string of the molecule is O=C(NCc1ccc(Cl)cc1)C1Cc2ccccc2CN1S(=O)(=O)c1ccccc1. The number of carbonyl (C=O) groups excluding carboxylic acids is 1. The minimum Gasteiger partial charge on any atom is -0.351 e. The highest BCUT2D eigenvalue weighted by atomic mass is 35.5. The number of fused-ring (bicyclic) bond motifs is 1. The van der Waals surface area contributed by atoms with Crippen LogP contribution in [0.25, 0.3) is 0 Å². The number of nitrogens with zero attached hydrogens (tertiary/aromatic N) is 1. The number of nitrogens with one attached hydrogen (secondary N) is 1. The van der Waals surface area contributed by atoms with Crippen molar-refractivity contribution in [1.82, 2.24) is 9.62 Å². The summed E-state index contributed by atoms with van der Waals surface area (Å²) in [7, 11) is -3.83. The van der Waals surface area contributed by atoms with Gasteiger partial charge in [-0.2, -0.15) is 4.31 Å². The summed E-state index contributed by atoms with van der Waals surface area (Å²) in [4.78, 5) is 13.3. The van der Waals surface area contributed by atoms with Gasteiger partial charge in [-0.3, -0.25) is 4.79 Å². The average molecular weight is 441 g/mol. The third-order valence-electron chi connectivity index (χ3n) is 5.24. The first-order valence-electron chi connectivity index (χ1n) is 9.61. The van der Waals surface area contributed by atoms with Gasteiger partial charge in [-0.15, -0.1) is 0 Å². The Morgan fingerprint density at radius 3 is 2.27 bits per heavy atom. The summed E-state index contributed by atoms with van der Waals surface area (Å²) in [6, 6.07) is 22.2. The maximum Gasteiger partial charge on any atom is 0.244 e. The summed E-state index contributed by atoms with van der Waals surface area (Å²) in [5.74, 6) is -0.320. The molecule has 1 aliphatic rings. The van der Waals surface area contributed by atoms with Crippen molar-refractivity contribution in [3.8, 4) is 0 Å². The lowest BCUT2D eigenvalue weighted by Gasteiger charge is -2.35. The molecule has 1 heterocycles. The van der Waals surface area contributed by atoms with Crippen LogP contribution in [0.2, 0.25) is 5.02 Å². The lowest BCUT2D eigenvalue weighted by Crippen LogP contribution is -2.52. The first-order valence-corrected chi connectivity index (χ1v) is 11.4. The minimum atomic E-state index is -3.83. The molecule has 0 saturated heterocycles. The van der Waals surface area contributed by atoms with Crippen LogP contribution in [0.5, 0.6) is 0 Å². The van der Waals surface area contributed by atoms with Gasteiger partial charge in [-0.05, 0) is 47.4 Å². The van der Waals surface area contributed by atoms with Crippen LogP contribution >= 0.6 is 11.6 Å². The van der Waals surface area contributed by atoms with Crippen molar-refractivity contribution < 1.29 is 13.2 Å². The van der Waals surface area contributed by atoms with Crippen molar-refractivity contribution in [1.29, 1.82) is 0 Å². The van der Waals surface area contributed by atoms with E-state index in [4.69, 9.17) is 11.6 Å². The predicted octanol–water partition coefficient (Wildman–Crippen LogP) is 3.77. The molecular formula is C23H21ClN2O3S. The summed E-state index contributed by atoms with van der Waals surface area (Å²) in [5.41, 5.74) is 2.80. The van der Waals surface area contributed by atoms with Gasteiger partial charge in [-0.25, -0.2) is 8.42 Å². The Bertz CT molecular complexity index is 1150. The molecule has 1 aliphatic heterocycles. The molecule has 1 amide bonds. The minimum absolute atomic E-state index is 0.159. The van der Waals surface area contributed by atoms with E-state index < -0.39 is 16.1 Å². The maximum absolute atomic E-state index is 13.4. The van der Waals surface area contributed by atoms with Gasteiger partial charge < -0.3 is 5.32 Å². The quantitative estimate of drug-likeness (QED) is 0.656. The van der Waals surface area contributed by atoms with E-state index in [0.29, 0.717) is 18.0 Å². The Morgan fingerprint density at radius 2 is 1.57 bits per heavy atom. The Labute approximate surface area is 181 Å². The van der Waals surface area contributed by atoms with Crippen LogP contribution < -0.4 is 5.32 Å². The van der Waals surface area contributed by atoms with Gasteiger partial charge in [0.1, 0.15) is 6.04 Å². The lowest BCUT2D eigenvalue weighted by molar-refractivity contribution is -0.125. The molecule has 0 aromatic heterocycles. The van der Waals surface area contributed by atoms with Crippen molar-refractivity contribution in [3.63, 3.8) is 0 Å². The zero-order valence-corrected chi connectivity index (χ0v) is 17.7. The van der Waals surface area contributed by atoms with Gasteiger partial charge in [0, 0.05) is 18.1 Å². The highest BCUT2D eigenvalue weighted by molar-refractivity contribution is 7.89. The van der Waals surface area contributed by atoms with Gasteiger partial charge in [0.2, 0.25) is 15.9 Å². The van der Waals surface area contributed by atoms with Crippen LogP contribution in [0.4, 0.5) is 0 Å². The fourth-order valence-corrected chi connectivity index (χ4v) is 5.32. The van der Waals surface area contributed by atoms with Gasteiger partial charge in [-0.1, -0.05) is 66.2 Å². The summed E-state index contributed by atoms with van der Waals surface area (Å²) >= 11 is 5.91. The zero-order chi connectivity index (χ0) is 21.1. The molecule has 154 valence electrons. The van der Waals surface area contributed by atoms with Crippen LogP contribution in [-0.2, 0) is 34.3 Å². The van der Waals surface area contributed by atoms with Crippen molar-refractivity contribution >= 4 is 27.5 Å². The number of rotatable bonds is 5. The van der Waals surface area contributed by atoms with E-state index in [1.807, 2.05) is 36.4 Å². The molecule has 1 unspecified atom stereocenters. The average Bonchev–Trinajstić information content (AvgIpc) is 2.78. The molecule has 30 heavy (non-hydrogen) atoms. The Morgan fingerprint density at radius 1 is 0.933 bits per heavy atom. The molecule has 4 rings (SSSR count). The van der Waals surface area contributed by atoms with E-state index >= 15 is 0 Å². The second-order valence-electron chi connectivity index (χ2n) is 7.20. The third kappa shape index (κ3) is 4.26. The van der Waals surface area contributed by atoms with Crippen molar-refractivity contribution in [2.75, 3.05) is 0 Å². The van der Waals surface area contributed by atoms with Gasteiger partial charge in [0.15, 0.2) is 0 Å². The van der Waals surface area contributed by atoms with Crippen LogP contribution in [0, 0.1) is 0 Å². The summed E-state index contributed by atoms with van der Waals surface area (Å²) < 4.78 is 28.0. The second kappa shape index (κ2) is 8.60. The molecule has 0 aliphatic carbocycles. The van der Waals surface area contributed by atoms with Crippen molar-refractivity contribution in [2.45, 2.75) is 30.4 Å². The third-order valence-corrected chi connectivity index (χ3v) is 7.36. The van der Waals surface area contributed by atoms with E-state index in [2.05, 4.69) is 5.32 Å². The number of halogens is 1. The van der Waals surface area contributed by atoms with E-state index in [1.54, 1.807) is 42.5 Å². The number of hydrogen-bond acceptors (Lipinski definition) is 3. The molecule has 3 aromatic carbocycles. The number of hydrogen-bond donors (Lipinski definition) is 1. The molecule has 1 N–H and O–H groups in total. The standard InChI is InChI=1S/C23H21ClN2O3S/c24-20-12-10-17(11-13-20)15-25-23(27)22-14-18-6-4-5-7-19(18)16-26(22)30(28,29)21-8-2-1-3-9-21/h1-13,22H,14-16H2,(H,25,27). The topological polar surface area (TPSA) is 66.5 Å². The zero-order valence-electron chi connectivity index (χ0n) is 16.2. The lowest BCUT2D eigenvalue weighted by atomic mass is 9.95. The second-order valence-corrected chi connectivity index (χ2v) is 9.52. The molecule has 5 nitrogen and oxygen atoms in total. The van der Waals surface area contributed by atoms with Gasteiger partial charge in [0.25, 0.3) is 0 Å². The fourth-order valence-electron chi connectivity index (χ4n) is 3.61. The number of amides is 1. The van der Waals surface area contributed by atoms with E-state index in [-0.39, 0.29) is 17.3 Å². The Balaban J connectivity index is 1.62. The normalized spacial score (nSPS) is 16.6. The molecule has 1 atom stereocenters. The largest absolute Gasteiger partial charge is 0.351 e. The highest BCUT2D eigenvalue weighted by Gasteiger charge is 2.39. The van der Waals surface area contributed by atoms with Crippen LogP contribution in [0.15, 0.2) is 83.8 Å². The molecule has 0 fully saturated rings. The molecule has 7 heteroatoms. The molecule has 0 spiro atoms. The van der Waals surface area contributed by atoms with Crippen molar-refractivity contribution in [3.05, 3.63) is 101 Å². The summed E-state index contributed by atoms with van der Waals surface area (Å²) in [6.07, 6.45) is 0.328. The Hall–Kier alpha value is -2.67. The van der Waals surface area contributed by atoms with Crippen LogP contribution in [-0.4, -0.2) is 24.7 Å². The van der Waals surface area contributed by atoms with Crippen LogP contribution in [0.1, 0.15) is 16.7 Å². The molecule has 0 saturated carbocycles. The first-order chi connectivity index (χ1) is 14.4. The Kier molecular flexibility index (Phi) is 5.90. The molecule has 0 bridgehead atoms. The van der Waals surface area contributed by atoms with E-state index in [9.17, 15) is 13.2 Å². The number of benzene rings is 3. The highest BCUT2D eigenvalue weighted by Crippen LogP contribution is 2.29.